The zero-order chi connectivity index (χ0) is 15.2. The molecule has 2 aromatic rings. The van der Waals surface area contributed by atoms with Crippen LogP contribution in [0.4, 0.5) is 4.39 Å². The second-order valence-corrected chi connectivity index (χ2v) is 6.97. The summed E-state index contributed by atoms with van der Waals surface area (Å²) in [6.07, 6.45) is 2.87. The molecule has 2 atom stereocenters. The molecule has 0 spiro atoms. The Morgan fingerprint density at radius 3 is 2.68 bits per heavy atom. The lowest BCUT2D eigenvalue weighted by Gasteiger charge is -2.48. The number of benzene rings is 2. The number of likely N-dealkylation sites (N-methyl/N-ethyl adjacent to an activating group) is 1. The fourth-order valence-corrected chi connectivity index (χ4v) is 4.48. The lowest BCUT2D eigenvalue weighted by molar-refractivity contribution is -0.941. The van der Waals surface area contributed by atoms with Crippen molar-refractivity contribution in [3.8, 4) is 11.1 Å². The van der Waals surface area contributed by atoms with Crippen molar-refractivity contribution in [1.82, 2.24) is 0 Å². The van der Waals surface area contributed by atoms with Crippen LogP contribution in [-0.4, -0.2) is 31.3 Å². The van der Waals surface area contributed by atoms with Gasteiger partial charge in [0.2, 0.25) is 0 Å². The van der Waals surface area contributed by atoms with Crippen molar-refractivity contribution in [3.05, 3.63) is 59.2 Å². The van der Waals surface area contributed by atoms with Gasteiger partial charge in [-0.15, -0.1) is 0 Å². The van der Waals surface area contributed by atoms with E-state index >= 15 is 0 Å². The van der Waals surface area contributed by atoms with Gasteiger partial charge in [-0.3, -0.25) is 4.39 Å². The Bertz CT molecular complexity index is 709. The Balaban J connectivity index is 1.87. The van der Waals surface area contributed by atoms with Crippen LogP contribution in [0.1, 0.15) is 29.2 Å². The molecular formula is C20H23FN+. The lowest BCUT2D eigenvalue weighted by Crippen LogP contribution is -2.53. The molecule has 2 unspecified atom stereocenters. The van der Waals surface area contributed by atoms with E-state index in [1.54, 1.807) is 0 Å². The second-order valence-electron chi connectivity index (χ2n) is 6.97. The summed E-state index contributed by atoms with van der Waals surface area (Å²) in [5.74, 6) is 0. The third-order valence-corrected chi connectivity index (χ3v) is 5.70. The molecular weight excluding hydrogens is 273 g/mol. The van der Waals surface area contributed by atoms with E-state index in [1.807, 2.05) is 0 Å². The zero-order valence-electron chi connectivity index (χ0n) is 13.2. The predicted octanol–water partition coefficient (Wildman–Crippen LogP) is 4.31. The van der Waals surface area contributed by atoms with Gasteiger partial charge in [-0.2, -0.15) is 0 Å². The minimum absolute atomic E-state index is 0.203. The van der Waals surface area contributed by atoms with Crippen LogP contribution < -0.4 is 0 Å². The molecule has 0 radical (unpaired) electrons. The molecule has 1 heterocycles. The summed E-state index contributed by atoms with van der Waals surface area (Å²) >= 11 is 0. The van der Waals surface area contributed by atoms with Gasteiger partial charge in [0.15, 0.2) is 0 Å². The first kappa shape index (κ1) is 14.0. The maximum absolute atomic E-state index is 12.8. The number of hydrogen-bond donors (Lipinski definition) is 0. The number of alkyl halides is 1. The Morgan fingerprint density at radius 1 is 1.05 bits per heavy atom. The molecule has 2 aromatic carbocycles. The topological polar surface area (TPSA) is 0 Å². The fourth-order valence-electron chi connectivity index (χ4n) is 4.48. The monoisotopic (exact) mass is 296 g/mol. The van der Waals surface area contributed by atoms with Gasteiger partial charge in [-0.25, -0.2) is 0 Å². The van der Waals surface area contributed by atoms with Crippen molar-refractivity contribution >= 4 is 0 Å². The summed E-state index contributed by atoms with van der Waals surface area (Å²) in [5.41, 5.74) is 7.30. The average molecular weight is 296 g/mol. The van der Waals surface area contributed by atoms with Gasteiger partial charge in [-0.1, -0.05) is 42.5 Å². The largest absolute Gasteiger partial charge is 0.319 e. The van der Waals surface area contributed by atoms with E-state index < -0.39 is 0 Å². The van der Waals surface area contributed by atoms with Crippen molar-refractivity contribution in [3.63, 3.8) is 0 Å². The van der Waals surface area contributed by atoms with Crippen LogP contribution in [0.2, 0.25) is 0 Å². The van der Waals surface area contributed by atoms with Crippen LogP contribution >= 0.6 is 0 Å². The van der Waals surface area contributed by atoms with E-state index in [2.05, 4.69) is 49.5 Å². The SMILES string of the molecule is C[N+]1(CCCF)CCc2cccc3c2C1Cc1ccccc1-3. The van der Waals surface area contributed by atoms with Gasteiger partial charge < -0.3 is 4.48 Å². The van der Waals surface area contributed by atoms with Crippen LogP contribution in [-0.2, 0) is 12.8 Å². The van der Waals surface area contributed by atoms with Crippen LogP contribution in [0.5, 0.6) is 0 Å². The summed E-state index contributed by atoms with van der Waals surface area (Å²) in [6, 6.07) is 16.0. The number of quaternary nitrogens is 1. The average Bonchev–Trinajstić information content (AvgIpc) is 2.56. The molecule has 0 N–H and O–H groups in total. The molecule has 0 amide bonds. The first-order chi connectivity index (χ1) is 10.7. The van der Waals surface area contributed by atoms with E-state index in [1.165, 1.54) is 27.8 Å². The number of rotatable bonds is 3. The summed E-state index contributed by atoms with van der Waals surface area (Å²) in [5, 5.41) is 0. The highest BCUT2D eigenvalue weighted by atomic mass is 19.1. The Labute approximate surface area is 132 Å². The van der Waals surface area contributed by atoms with Crippen molar-refractivity contribution in [1.29, 1.82) is 0 Å². The molecule has 4 rings (SSSR count). The standard InChI is InChI=1S/C20H23FN/c1-22(12-5-11-21)13-10-15-7-4-9-18-17-8-3-2-6-16(17)14-19(22)20(15)18/h2-4,6-9,19H,5,10-14H2,1H3/q+1. The highest BCUT2D eigenvalue weighted by Crippen LogP contribution is 2.47. The molecule has 1 nitrogen and oxygen atoms in total. The summed E-state index contributed by atoms with van der Waals surface area (Å²) in [6.45, 7) is 1.87. The Kier molecular flexibility index (Phi) is 3.30. The minimum atomic E-state index is -0.203. The minimum Gasteiger partial charge on any atom is -0.319 e. The molecule has 2 heteroatoms. The fraction of sp³-hybridized carbons (Fsp3) is 0.400. The Hall–Kier alpha value is -1.67. The maximum Gasteiger partial charge on any atom is 0.119 e. The maximum atomic E-state index is 12.8. The van der Waals surface area contributed by atoms with Gasteiger partial charge in [0.1, 0.15) is 6.04 Å². The molecule has 1 aliphatic carbocycles. The summed E-state index contributed by atoms with van der Waals surface area (Å²) in [4.78, 5) is 0. The van der Waals surface area contributed by atoms with Gasteiger partial charge in [-0.05, 0) is 22.3 Å². The highest BCUT2D eigenvalue weighted by molar-refractivity contribution is 5.75. The number of fused-ring (bicyclic) bond motifs is 2. The number of hydrogen-bond acceptors (Lipinski definition) is 0. The second kappa shape index (κ2) is 5.20. The van der Waals surface area contributed by atoms with Crippen molar-refractivity contribution in [2.24, 2.45) is 0 Å². The number of halogens is 1. The quantitative estimate of drug-likeness (QED) is 0.740. The van der Waals surface area contributed by atoms with Crippen LogP contribution in [0.15, 0.2) is 42.5 Å². The van der Waals surface area contributed by atoms with Crippen LogP contribution in [0, 0.1) is 0 Å². The molecule has 22 heavy (non-hydrogen) atoms. The van der Waals surface area contributed by atoms with Crippen molar-refractivity contribution in [2.45, 2.75) is 25.3 Å². The van der Waals surface area contributed by atoms with Crippen molar-refractivity contribution in [2.75, 3.05) is 26.8 Å². The van der Waals surface area contributed by atoms with Gasteiger partial charge >= 0.3 is 0 Å². The first-order valence-electron chi connectivity index (χ1n) is 8.33. The van der Waals surface area contributed by atoms with E-state index in [-0.39, 0.29) is 6.67 Å². The van der Waals surface area contributed by atoms with Gasteiger partial charge in [0.05, 0.1) is 26.8 Å². The number of nitrogens with zero attached hydrogens (tertiary/aromatic N) is 1. The smallest absolute Gasteiger partial charge is 0.119 e. The molecule has 0 saturated heterocycles. The molecule has 0 fully saturated rings. The molecule has 0 bridgehead atoms. The lowest BCUT2D eigenvalue weighted by atomic mass is 9.76. The predicted molar refractivity (Wildman–Crippen MR) is 88.5 cm³/mol. The van der Waals surface area contributed by atoms with Crippen LogP contribution in [0.3, 0.4) is 0 Å². The summed E-state index contributed by atoms with van der Waals surface area (Å²) in [7, 11) is 2.33. The normalized spacial score (nSPS) is 25.5. The highest BCUT2D eigenvalue weighted by Gasteiger charge is 2.42. The van der Waals surface area contributed by atoms with Gasteiger partial charge in [0, 0.05) is 24.8 Å². The third-order valence-electron chi connectivity index (χ3n) is 5.70. The molecule has 114 valence electrons. The third kappa shape index (κ3) is 2.01. The summed E-state index contributed by atoms with van der Waals surface area (Å²) < 4.78 is 13.8. The Morgan fingerprint density at radius 2 is 1.82 bits per heavy atom. The molecule has 0 saturated carbocycles. The van der Waals surface area contributed by atoms with E-state index in [0.29, 0.717) is 12.5 Å². The van der Waals surface area contributed by atoms with E-state index in [0.717, 1.165) is 30.4 Å². The van der Waals surface area contributed by atoms with Gasteiger partial charge in [0.25, 0.3) is 0 Å². The molecule has 1 aliphatic heterocycles. The van der Waals surface area contributed by atoms with Crippen molar-refractivity contribution < 1.29 is 8.87 Å². The molecule has 2 aliphatic rings. The zero-order valence-corrected chi connectivity index (χ0v) is 13.2. The van der Waals surface area contributed by atoms with E-state index in [4.69, 9.17) is 0 Å². The first-order valence-corrected chi connectivity index (χ1v) is 8.33. The van der Waals surface area contributed by atoms with E-state index in [9.17, 15) is 4.39 Å². The van der Waals surface area contributed by atoms with Crippen LogP contribution in [0.25, 0.3) is 11.1 Å². The molecule has 0 aromatic heterocycles.